The fourth-order valence-corrected chi connectivity index (χ4v) is 4.82. The van der Waals surface area contributed by atoms with E-state index in [4.69, 9.17) is 21.1 Å². The van der Waals surface area contributed by atoms with Gasteiger partial charge in [0, 0.05) is 28.9 Å². The van der Waals surface area contributed by atoms with Crippen LogP contribution in [0.15, 0.2) is 46.6 Å². The number of carbonyl (C=O) groups is 1. The molecule has 8 heteroatoms. The van der Waals surface area contributed by atoms with E-state index in [1.807, 2.05) is 56.5 Å². The summed E-state index contributed by atoms with van der Waals surface area (Å²) >= 11 is 7.89. The van der Waals surface area contributed by atoms with Crippen LogP contribution in [-0.4, -0.2) is 30.3 Å². The zero-order valence-corrected chi connectivity index (χ0v) is 20.4. The first-order valence-electron chi connectivity index (χ1n) is 10.5. The highest BCUT2D eigenvalue weighted by Gasteiger charge is 2.19. The Bertz CT molecular complexity index is 1380. The Hall–Kier alpha value is -3.03. The molecular weight excluding hydrogens is 460 g/mol. The molecule has 4 aromatic rings. The summed E-state index contributed by atoms with van der Waals surface area (Å²) in [6.45, 7) is 5.97. The van der Waals surface area contributed by atoms with Gasteiger partial charge in [0.1, 0.15) is 16.1 Å². The topological polar surface area (TPSA) is 80.4 Å². The number of rotatable bonds is 5. The Kier molecular flexibility index (Phi) is 6.36. The summed E-state index contributed by atoms with van der Waals surface area (Å²) < 4.78 is 11.6. The summed E-state index contributed by atoms with van der Waals surface area (Å²) in [5.41, 5.74) is 2.80. The highest BCUT2D eigenvalue weighted by molar-refractivity contribution is 7.17. The van der Waals surface area contributed by atoms with Crippen LogP contribution in [0.5, 0.6) is 5.75 Å². The van der Waals surface area contributed by atoms with Crippen molar-refractivity contribution in [2.24, 2.45) is 0 Å². The highest BCUT2D eigenvalue weighted by atomic mass is 35.5. The maximum absolute atomic E-state index is 12.5. The molecule has 0 saturated heterocycles. The number of benzene rings is 2. The van der Waals surface area contributed by atoms with Crippen LogP contribution in [0.3, 0.4) is 0 Å². The SMILES string of the molecule is COc1cc(Cl)c2[nH]c(=O)c3sccc3c2c1-c1ccc(CCNC(=O)OC(C)(C)C)cc1. The van der Waals surface area contributed by atoms with Crippen LogP contribution < -0.4 is 15.6 Å². The van der Waals surface area contributed by atoms with E-state index in [9.17, 15) is 9.59 Å². The third-order valence-electron chi connectivity index (χ3n) is 5.17. The molecule has 172 valence electrons. The third-order valence-corrected chi connectivity index (χ3v) is 6.38. The Balaban J connectivity index is 1.67. The molecular formula is C25H25ClN2O4S. The van der Waals surface area contributed by atoms with Gasteiger partial charge < -0.3 is 19.8 Å². The van der Waals surface area contributed by atoms with Crippen LogP contribution in [-0.2, 0) is 11.2 Å². The number of H-pyrrole nitrogens is 1. The van der Waals surface area contributed by atoms with E-state index in [0.29, 0.717) is 34.0 Å². The average molecular weight is 485 g/mol. The smallest absolute Gasteiger partial charge is 0.407 e. The van der Waals surface area contributed by atoms with Crippen molar-refractivity contribution in [2.45, 2.75) is 32.8 Å². The van der Waals surface area contributed by atoms with Gasteiger partial charge in [-0.15, -0.1) is 11.3 Å². The molecule has 6 nitrogen and oxygen atoms in total. The summed E-state index contributed by atoms with van der Waals surface area (Å²) in [7, 11) is 1.61. The van der Waals surface area contributed by atoms with Crippen LogP contribution in [0.1, 0.15) is 26.3 Å². The van der Waals surface area contributed by atoms with Crippen molar-refractivity contribution in [3.63, 3.8) is 0 Å². The first-order chi connectivity index (χ1) is 15.7. The fraction of sp³-hybridized carbons (Fsp3) is 0.280. The van der Waals surface area contributed by atoms with E-state index in [2.05, 4.69) is 10.3 Å². The number of hydrogen-bond donors (Lipinski definition) is 2. The van der Waals surface area contributed by atoms with Gasteiger partial charge in [0.15, 0.2) is 0 Å². The normalized spacial score (nSPS) is 11.7. The molecule has 0 aliphatic heterocycles. The number of aromatic amines is 1. The second-order valence-electron chi connectivity index (χ2n) is 8.68. The summed E-state index contributed by atoms with van der Waals surface area (Å²) in [6, 6.07) is 11.7. The zero-order chi connectivity index (χ0) is 23.8. The number of aromatic nitrogens is 1. The van der Waals surface area contributed by atoms with E-state index in [0.717, 1.165) is 27.5 Å². The number of hydrogen-bond acceptors (Lipinski definition) is 5. The number of ether oxygens (including phenoxy) is 2. The van der Waals surface area contributed by atoms with Crippen molar-refractivity contribution in [1.29, 1.82) is 0 Å². The van der Waals surface area contributed by atoms with E-state index in [-0.39, 0.29) is 5.56 Å². The van der Waals surface area contributed by atoms with Gasteiger partial charge in [-0.3, -0.25) is 4.79 Å². The monoisotopic (exact) mass is 484 g/mol. The molecule has 0 unspecified atom stereocenters. The van der Waals surface area contributed by atoms with Gasteiger partial charge >= 0.3 is 6.09 Å². The lowest BCUT2D eigenvalue weighted by Gasteiger charge is -2.19. The van der Waals surface area contributed by atoms with Crippen LogP contribution >= 0.6 is 22.9 Å². The predicted octanol–water partition coefficient (Wildman–Crippen LogP) is 6.14. The zero-order valence-electron chi connectivity index (χ0n) is 18.9. The quantitative estimate of drug-likeness (QED) is 0.356. The molecule has 0 fully saturated rings. The number of thiophene rings is 1. The van der Waals surface area contributed by atoms with E-state index in [1.54, 1.807) is 13.2 Å². The fourth-order valence-electron chi connectivity index (χ4n) is 3.78. The van der Waals surface area contributed by atoms with E-state index >= 15 is 0 Å². The molecule has 33 heavy (non-hydrogen) atoms. The van der Waals surface area contributed by atoms with Crippen LogP contribution in [0.4, 0.5) is 4.79 Å². The molecule has 2 N–H and O–H groups in total. The molecule has 0 aliphatic carbocycles. The third kappa shape index (κ3) is 4.84. The molecule has 4 rings (SSSR count). The van der Waals surface area contributed by atoms with Crippen molar-refractivity contribution in [3.05, 3.63) is 62.7 Å². The largest absolute Gasteiger partial charge is 0.496 e. The maximum Gasteiger partial charge on any atom is 0.407 e. The van der Waals surface area contributed by atoms with Crippen molar-refractivity contribution in [2.75, 3.05) is 13.7 Å². The number of nitrogens with one attached hydrogen (secondary N) is 2. The first kappa shape index (κ1) is 23.1. The standard InChI is InChI=1S/C25H25ClN2O4S/c1-25(2,3)32-24(30)27-11-9-14-5-7-15(8-6-14)19-18(31-4)13-17(26)21-20(19)16-10-12-33-22(16)23(29)28-21/h5-8,10,12-13H,9,11H2,1-4H3,(H,27,30)(H,28,29). The van der Waals surface area contributed by atoms with Gasteiger partial charge in [0.2, 0.25) is 0 Å². The van der Waals surface area contributed by atoms with Gasteiger partial charge in [-0.1, -0.05) is 35.9 Å². The maximum atomic E-state index is 12.5. The van der Waals surface area contributed by atoms with Gasteiger partial charge in [-0.2, -0.15) is 0 Å². The predicted molar refractivity (Wildman–Crippen MR) is 135 cm³/mol. The molecule has 1 amide bonds. The molecule has 2 aromatic carbocycles. The van der Waals surface area contributed by atoms with E-state index < -0.39 is 11.7 Å². The first-order valence-corrected chi connectivity index (χ1v) is 11.8. The summed E-state index contributed by atoms with van der Waals surface area (Å²) in [5, 5.41) is 6.81. The minimum atomic E-state index is -0.524. The summed E-state index contributed by atoms with van der Waals surface area (Å²) in [5.74, 6) is 0.631. The molecule has 0 aliphatic rings. The summed E-state index contributed by atoms with van der Waals surface area (Å²) in [4.78, 5) is 27.3. The Morgan fingerprint density at radius 2 is 1.91 bits per heavy atom. The van der Waals surface area contributed by atoms with Crippen molar-refractivity contribution >= 4 is 50.0 Å². The highest BCUT2D eigenvalue weighted by Crippen LogP contribution is 2.43. The number of pyridine rings is 1. The minimum Gasteiger partial charge on any atom is -0.496 e. The van der Waals surface area contributed by atoms with Crippen molar-refractivity contribution in [1.82, 2.24) is 10.3 Å². The average Bonchev–Trinajstić information content (AvgIpc) is 3.24. The molecule has 0 atom stereocenters. The number of amides is 1. The van der Waals surface area contributed by atoms with Gasteiger partial charge in [0.05, 0.1) is 17.6 Å². The lowest BCUT2D eigenvalue weighted by atomic mass is 9.96. The molecule has 2 aromatic heterocycles. The molecule has 2 heterocycles. The van der Waals surface area contributed by atoms with Crippen LogP contribution in [0.25, 0.3) is 32.1 Å². The van der Waals surface area contributed by atoms with Crippen LogP contribution in [0.2, 0.25) is 5.02 Å². The van der Waals surface area contributed by atoms with Crippen molar-refractivity contribution in [3.8, 4) is 16.9 Å². The number of fused-ring (bicyclic) bond motifs is 3. The second-order valence-corrected chi connectivity index (χ2v) is 10.0. The van der Waals surface area contributed by atoms with Gasteiger partial charge in [-0.25, -0.2) is 4.79 Å². The Morgan fingerprint density at radius 3 is 2.58 bits per heavy atom. The number of methoxy groups -OCH3 is 1. The van der Waals surface area contributed by atoms with E-state index in [1.165, 1.54) is 11.3 Å². The number of halogens is 1. The molecule has 0 radical (unpaired) electrons. The lowest BCUT2D eigenvalue weighted by molar-refractivity contribution is 0.0528. The van der Waals surface area contributed by atoms with Crippen LogP contribution in [0, 0.1) is 0 Å². The Morgan fingerprint density at radius 1 is 1.18 bits per heavy atom. The van der Waals surface area contributed by atoms with Gasteiger partial charge in [-0.05, 0) is 49.8 Å². The second kappa shape index (κ2) is 9.08. The van der Waals surface area contributed by atoms with Crippen molar-refractivity contribution < 1.29 is 14.3 Å². The minimum absolute atomic E-state index is 0.154. The van der Waals surface area contributed by atoms with Gasteiger partial charge in [0.25, 0.3) is 5.56 Å². The molecule has 0 bridgehead atoms. The lowest BCUT2D eigenvalue weighted by Crippen LogP contribution is -2.33. The summed E-state index contributed by atoms with van der Waals surface area (Å²) in [6.07, 6.45) is 0.241. The Labute approximate surface area is 200 Å². The molecule has 0 spiro atoms. The number of alkyl carbamates (subject to hydrolysis) is 1. The number of carbonyl (C=O) groups excluding carboxylic acids is 1. The molecule has 0 saturated carbocycles.